The number of carbonyl (C=O) groups excluding carboxylic acids is 2. The predicted molar refractivity (Wildman–Crippen MR) is 101 cm³/mol. The molecule has 1 saturated heterocycles. The lowest BCUT2D eigenvalue weighted by molar-refractivity contribution is -0.274. The van der Waals surface area contributed by atoms with Gasteiger partial charge >= 0.3 is 6.36 Å². The van der Waals surface area contributed by atoms with Gasteiger partial charge < -0.3 is 15.0 Å². The number of halogens is 3. The second-order valence-electron chi connectivity index (χ2n) is 7.25. The molecule has 0 bridgehead atoms. The van der Waals surface area contributed by atoms with Crippen molar-refractivity contribution in [1.82, 2.24) is 9.80 Å². The molecule has 1 fully saturated rings. The maximum absolute atomic E-state index is 12.4. The van der Waals surface area contributed by atoms with Crippen LogP contribution < -0.4 is 10.1 Å². The standard InChI is InChI=1S/C20H24F3N3O3/c21-20(22,23)29-17-7-5-16(6-8-17)24-18(27)14-25-9-11-26(12-10-25)19(28)13-15-3-1-2-4-15/h1,3,5-8,15H,2,4,9-14H2,(H,24,27)/t15-/m0/s1. The van der Waals surface area contributed by atoms with Crippen LogP contribution in [0, 0.1) is 5.92 Å². The normalized spacial score (nSPS) is 20.0. The highest BCUT2D eigenvalue weighted by Crippen LogP contribution is 2.24. The molecule has 1 aromatic carbocycles. The maximum atomic E-state index is 12.4. The Balaban J connectivity index is 1.39. The van der Waals surface area contributed by atoms with Gasteiger partial charge in [0, 0.05) is 38.3 Å². The van der Waals surface area contributed by atoms with Crippen molar-refractivity contribution < 1.29 is 27.5 Å². The van der Waals surface area contributed by atoms with Crippen molar-refractivity contribution in [3.05, 3.63) is 36.4 Å². The molecule has 3 rings (SSSR count). The van der Waals surface area contributed by atoms with Crippen LogP contribution in [0.5, 0.6) is 5.75 Å². The van der Waals surface area contributed by atoms with Crippen molar-refractivity contribution >= 4 is 17.5 Å². The molecule has 0 aromatic heterocycles. The van der Waals surface area contributed by atoms with Gasteiger partial charge in [0.2, 0.25) is 11.8 Å². The van der Waals surface area contributed by atoms with E-state index in [1.165, 1.54) is 12.1 Å². The number of amides is 2. The van der Waals surface area contributed by atoms with Gasteiger partial charge in [-0.2, -0.15) is 0 Å². The van der Waals surface area contributed by atoms with Crippen molar-refractivity contribution in [3.8, 4) is 5.75 Å². The maximum Gasteiger partial charge on any atom is 0.573 e. The average molecular weight is 411 g/mol. The Kier molecular flexibility index (Phi) is 6.79. The van der Waals surface area contributed by atoms with Gasteiger partial charge in [-0.3, -0.25) is 14.5 Å². The van der Waals surface area contributed by atoms with Gasteiger partial charge in [0.25, 0.3) is 0 Å². The van der Waals surface area contributed by atoms with Gasteiger partial charge in [0.15, 0.2) is 0 Å². The zero-order valence-electron chi connectivity index (χ0n) is 16.0. The van der Waals surface area contributed by atoms with Gasteiger partial charge in [0.05, 0.1) is 6.54 Å². The fraction of sp³-hybridized carbons (Fsp3) is 0.500. The number of hydrogen-bond acceptors (Lipinski definition) is 4. The Labute approximate surface area is 167 Å². The first-order chi connectivity index (χ1) is 13.8. The van der Waals surface area contributed by atoms with E-state index in [1.54, 1.807) is 0 Å². The summed E-state index contributed by atoms with van der Waals surface area (Å²) in [5.41, 5.74) is 0.392. The molecule has 2 amide bonds. The minimum absolute atomic E-state index is 0.159. The minimum atomic E-state index is -4.75. The Morgan fingerprint density at radius 2 is 1.79 bits per heavy atom. The highest BCUT2D eigenvalue weighted by atomic mass is 19.4. The van der Waals surface area contributed by atoms with E-state index < -0.39 is 6.36 Å². The molecule has 1 N–H and O–H groups in total. The fourth-order valence-corrected chi connectivity index (χ4v) is 3.52. The van der Waals surface area contributed by atoms with E-state index >= 15 is 0 Å². The van der Waals surface area contributed by atoms with Crippen LogP contribution in [-0.2, 0) is 9.59 Å². The summed E-state index contributed by atoms with van der Waals surface area (Å²) in [5, 5.41) is 2.66. The molecule has 1 aliphatic heterocycles. The number of allylic oxidation sites excluding steroid dienone is 2. The number of anilines is 1. The largest absolute Gasteiger partial charge is 0.573 e. The van der Waals surface area contributed by atoms with Crippen LogP contribution in [0.1, 0.15) is 19.3 Å². The number of hydrogen-bond donors (Lipinski definition) is 1. The lowest BCUT2D eigenvalue weighted by Gasteiger charge is -2.34. The third kappa shape index (κ3) is 6.77. The number of benzene rings is 1. The lowest BCUT2D eigenvalue weighted by atomic mass is 10.0. The summed E-state index contributed by atoms with van der Waals surface area (Å²) in [7, 11) is 0. The SMILES string of the molecule is O=C(CN1CCN(C(=O)C[C@H]2C=CCC2)CC1)Nc1ccc(OC(F)(F)F)cc1. The molecule has 158 valence electrons. The summed E-state index contributed by atoms with van der Waals surface area (Å²) in [6, 6.07) is 5.00. The minimum Gasteiger partial charge on any atom is -0.406 e. The molecular weight excluding hydrogens is 387 g/mol. The number of piperazine rings is 1. The number of alkyl halides is 3. The third-order valence-corrected chi connectivity index (χ3v) is 5.01. The summed E-state index contributed by atoms with van der Waals surface area (Å²) in [6.07, 6.45) is 2.10. The van der Waals surface area contributed by atoms with E-state index in [0.29, 0.717) is 44.2 Å². The monoisotopic (exact) mass is 411 g/mol. The quantitative estimate of drug-likeness (QED) is 0.731. The first-order valence-corrected chi connectivity index (χ1v) is 9.61. The number of nitrogens with zero attached hydrogens (tertiary/aromatic N) is 2. The highest BCUT2D eigenvalue weighted by Gasteiger charge is 2.31. The van der Waals surface area contributed by atoms with Crippen LogP contribution in [0.15, 0.2) is 36.4 Å². The number of carbonyl (C=O) groups is 2. The van der Waals surface area contributed by atoms with Crippen molar-refractivity contribution in [2.75, 3.05) is 38.0 Å². The molecular formula is C20H24F3N3O3. The van der Waals surface area contributed by atoms with Gasteiger partial charge in [-0.05, 0) is 43.0 Å². The molecule has 9 heteroatoms. The van der Waals surface area contributed by atoms with E-state index in [2.05, 4.69) is 22.2 Å². The van der Waals surface area contributed by atoms with E-state index in [4.69, 9.17) is 0 Å². The Bertz CT molecular complexity index is 742. The molecule has 29 heavy (non-hydrogen) atoms. The fourth-order valence-electron chi connectivity index (χ4n) is 3.52. The smallest absolute Gasteiger partial charge is 0.406 e. The van der Waals surface area contributed by atoms with Crippen LogP contribution in [-0.4, -0.2) is 60.7 Å². The van der Waals surface area contributed by atoms with Crippen LogP contribution >= 0.6 is 0 Å². The van der Waals surface area contributed by atoms with Crippen molar-refractivity contribution in [3.63, 3.8) is 0 Å². The first kappa shape index (κ1) is 21.2. The zero-order valence-corrected chi connectivity index (χ0v) is 16.0. The van der Waals surface area contributed by atoms with Crippen molar-refractivity contribution in [2.45, 2.75) is 25.6 Å². The molecule has 1 atom stereocenters. The molecule has 1 aliphatic carbocycles. The number of rotatable bonds is 6. The second kappa shape index (κ2) is 9.30. The van der Waals surface area contributed by atoms with E-state index in [-0.39, 0.29) is 24.1 Å². The average Bonchev–Trinajstić information content (AvgIpc) is 3.15. The summed E-state index contributed by atoms with van der Waals surface area (Å²) in [5.74, 6) is -0.0965. The molecule has 2 aliphatic rings. The first-order valence-electron chi connectivity index (χ1n) is 9.61. The van der Waals surface area contributed by atoms with Crippen molar-refractivity contribution in [1.29, 1.82) is 0 Å². The number of ether oxygens (including phenoxy) is 1. The van der Waals surface area contributed by atoms with Gasteiger partial charge in [-0.1, -0.05) is 12.2 Å². The van der Waals surface area contributed by atoms with Crippen LogP contribution in [0.3, 0.4) is 0 Å². The van der Waals surface area contributed by atoms with Gasteiger partial charge in [-0.25, -0.2) is 0 Å². The van der Waals surface area contributed by atoms with Crippen LogP contribution in [0.4, 0.5) is 18.9 Å². The van der Waals surface area contributed by atoms with Crippen LogP contribution in [0.25, 0.3) is 0 Å². The van der Waals surface area contributed by atoms with Crippen LogP contribution in [0.2, 0.25) is 0 Å². The van der Waals surface area contributed by atoms with Gasteiger partial charge in [0.1, 0.15) is 5.75 Å². The second-order valence-corrected chi connectivity index (χ2v) is 7.25. The molecule has 1 heterocycles. The predicted octanol–water partition coefficient (Wildman–Crippen LogP) is 3.02. The molecule has 0 unspecified atom stereocenters. The zero-order chi connectivity index (χ0) is 20.9. The number of nitrogens with one attached hydrogen (secondary N) is 1. The molecule has 0 spiro atoms. The Hall–Kier alpha value is -2.55. The Morgan fingerprint density at radius 1 is 1.10 bits per heavy atom. The van der Waals surface area contributed by atoms with E-state index in [9.17, 15) is 22.8 Å². The van der Waals surface area contributed by atoms with Crippen molar-refractivity contribution in [2.24, 2.45) is 5.92 Å². The molecule has 0 radical (unpaired) electrons. The molecule has 1 aromatic rings. The lowest BCUT2D eigenvalue weighted by Crippen LogP contribution is -2.50. The van der Waals surface area contributed by atoms with E-state index in [1.807, 2.05) is 9.80 Å². The third-order valence-electron chi connectivity index (χ3n) is 5.01. The molecule has 6 nitrogen and oxygen atoms in total. The summed E-state index contributed by atoms with van der Waals surface area (Å²) in [6.45, 7) is 2.56. The highest BCUT2D eigenvalue weighted by molar-refractivity contribution is 5.92. The summed E-state index contributed by atoms with van der Waals surface area (Å²) < 4.78 is 40.3. The summed E-state index contributed by atoms with van der Waals surface area (Å²) >= 11 is 0. The van der Waals surface area contributed by atoms with Gasteiger partial charge in [-0.15, -0.1) is 13.2 Å². The Morgan fingerprint density at radius 3 is 2.38 bits per heavy atom. The molecule has 0 saturated carbocycles. The topological polar surface area (TPSA) is 61.9 Å². The summed E-state index contributed by atoms with van der Waals surface area (Å²) in [4.78, 5) is 28.3. The van der Waals surface area contributed by atoms with E-state index in [0.717, 1.165) is 25.0 Å².